The van der Waals surface area contributed by atoms with Gasteiger partial charge >= 0.3 is 0 Å². The molecule has 0 saturated heterocycles. The lowest BCUT2D eigenvalue weighted by atomic mass is 9.92. The number of hydrogen-bond donors (Lipinski definition) is 2. The third-order valence-electron chi connectivity index (χ3n) is 3.17. The van der Waals surface area contributed by atoms with Gasteiger partial charge in [-0.05, 0) is 32.1 Å². The first-order valence-corrected chi connectivity index (χ1v) is 6.19. The second-order valence-electron chi connectivity index (χ2n) is 4.61. The maximum Gasteiger partial charge on any atom is 0.0615 e. The van der Waals surface area contributed by atoms with Gasteiger partial charge in [-0.15, -0.1) is 0 Å². The fourth-order valence-corrected chi connectivity index (χ4v) is 2.34. The molecule has 3 nitrogen and oxygen atoms in total. The van der Waals surface area contributed by atoms with Gasteiger partial charge < -0.3 is 15.2 Å². The molecule has 1 aliphatic rings. The first-order valence-electron chi connectivity index (χ1n) is 6.19. The fraction of sp³-hybridized carbons (Fsp3) is 1.00. The Morgan fingerprint density at radius 2 is 2.00 bits per heavy atom. The van der Waals surface area contributed by atoms with Gasteiger partial charge in [-0.3, -0.25) is 0 Å². The molecule has 0 aromatic rings. The minimum Gasteiger partial charge on any atom is -0.393 e. The Morgan fingerprint density at radius 3 is 2.53 bits per heavy atom. The molecule has 0 amide bonds. The van der Waals surface area contributed by atoms with Crippen LogP contribution < -0.4 is 5.32 Å². The third-order valence-corrected chi connectivity index (χ3v) is 3.17. The number of methoxy groups -OCH3 is 1. The molecular weight excluding hydrogens is 190 g/mol. The summed E-state index contributed by atoms with van der Waals surface area (Å²) in [4.78, 5) is 0. The van der Waals surface area contributed by atoms with E-state index in [1.807, 2.05) is 0 Å². The molecule has 15 heavy (non-hydrogen) atoms. The maximum atomic E-state index is 9.42. The van der Waals surface area contributed by atoms with Crippen molar-refractivity contribution in [2.45, 2.75) is 63.6 Å². The molecule has 0 aromatic carbocycles. The van der Waals surface area contributed by atoms with Crippen molar-refractivity contribution in [3.05, 3.63) is 0 Å². The van der Waals surface area contributed by atoms with Crippen LogP contribution in [-0.2, 0) is 4.74 Å². The van der Waals surface area contributed by atoms with Crippen molar-refractivity contribution in [3.63, 3.8) is 0 Å². The second-order valence-corrected chi connectivity index (χ2v) is 4.61. The van der Waals surface area contributed by atoms with E-state index in [1.54, 1.807) is 7.11 Å². The maximum absolute atomic E-state index is 9.42. The summed E-state index contributed by atoms with van der Waals surface area (Å²) in [5.74, 6) is 0. The molecule has 1 aliphatic carbocycles. The minimum atomic E-state index is -0.0601. The van der Waals surface area contributed by atoms with Crippen molar-refractivity contribution < 1.29 is 9.84 Å². The van der Waals surface area contributed by atoms with Crippen molar-refractivity contribution in [1.82, 2.24) is 5.32 Å². The standard InChI is InChI=1S/C12H25NO2/c1-3-4-11(9-15-2)13-10-5-7-12(14)8-6-10/h10-14H,3-9H2,1-2H3. The molecule has 0 spiro atoms. The van der Waals surface area contributed by atoms with Crippen molar-refractivity contribution in [2.24, 2.45) is 0 Å². The van der Waals surface area contributed by atoms with E-state index in [9.17, 15) is 5.11 Å². The van der Waals surface area contributed by atoms with Gasteiger partial charge in [0, 0.05) is 19.2 Å². The third kappa shape index (κ3) is 4.96. The predicted octanol–water partition coefficient (Wildman–Crippen LogP) is 1.69. The van der Waals surface area contributed by atoms with E-state index in [0.29, 0.717) is 12.1 Å². The Hall–Kier alpha value is -0.120. The lowest BCUT2D eigenvalue weighted by molar-refractivity contribution is 0.104. The van der Waals surface area contributed by atoms with Crippen molar-refractivity contribution in [2.75, 3.05) is 13.7 Å². The molecular formula is C12H25NO2. The molecule has 1 fully saturated rings. The van der Waals surface area contributed by atoms with Crippen molar-refractivity contribution in [1.29, 1.82) is 0 Å². The van der Waals surface area contributed by atoms with E-state index >= 15 is 0 Å². The lowest BCUT2D eigenvalue weighted by Gasteiger charge is -2.30. The Balaban J connectivity index is 2.24. The van der Waals surface area contributed by atoms with E-state index in [1.165, 1.54) is 12.8 Å². The highest BCUT2D eigenvalue weighted by atomic mass is 16.5. The molecule has 0 bridgehead atoms. The van der Waals surface area contributed by atoms with Gasteiger partial charge in [0.1, 0.15) is 0 Å². The lowest BCUT2D eigenvalue weighted by Crippen LogP contribution is -2.43. The molecule has 0 aliphatic heterocycles. The summed E-state index contributed by atoms with van der Waals surface area (Å²) in [6.07, 6.45) is 6.40. The second kappa shape index (κ2) is 7.20. The molecule has 1 saturated carbocycles. The summed E-state index contributed by atoms with van der Waals surface area (Å²) in [6, 6.07) is 1.07. The van der Waals surface area contributed by atoms with Gasteiger partial charge in [0.25, 0.3) is 0 Å². The number of rotatable bonds is 6. The summed E-state index contributed by atoms with van der Waals surface area (Å²) < 4.78 is 5.21. The predicted molar refractivity (Wildman–Crippen MR) is 62.0 cm³/mol. The number of hydrogen-bond acceptors (Lipinski definition) is 3. The topological polar surface area (TPSA) is 41.5 Å². The Labute approximate surface area is 93.2 Å². The molecule has 0 heterocycles. The number of ether oxygens (including phenoxy) is 1. The molecule has 1 unspecified atom stereocenters. The molecule has 1 atom stereocenters. The number of aliphatic hydroxyl groups excluding tert-OH is 1. The Kier molecular flexibility index (Phi) is 6.22. The van der Waals surface area contributed by atoms with Gasteiger partial charge in [0.05, 0.1) is 12.7 Å². The SMILES string of the molecule is CCCC(COC)NC1CCC(O)CC1. The Morgan fingerprint density at radius 1 is 1.33 bits per heavy atom. The molecule has 90 valence electrons. The zero-order valence-corrected chi connectivity index (χ0v) is 10.0. The molecule has 1 rings (SSSR count). The van der Waals surface area contributed by atoms with Gasteiger partial charge in [-0.25, -0.2) is 0 Å². The van der Waals surface area contributed by atoms with Crippen molar-refractivity contribution in [3.8, 4) is 0 Å². The van der Waals surface area contributed by atoms with Crippen LogP contribution in [0.3, 0.4) is 0 Å². The fourth-order valence-electron chi connectivity index (χ4n) is 2.34. The highest BCUT2D eigenvalue weighted by Crippen LogP contribution is 2.19. The smallest absolute Gasteiger partial charge is 0.0615 e. The van der Waals surface area contributed by atoms with E-state index in [-0.39, 0.29) is 6.10 Å². The average molecular weight is 215 g/mol. The quantitative estimate of drug-likeness (QED) is 0.708. The molecule has 0 radical (unpaired) electrons. The van der Waals surface area contributed by atoms with Crippen LogP contribution >= 0.6 is 0 Å². The van der Waals surface area contributed by atoms with Crippen LogP contribution in [0.15, 0.2) is 0 Å². The number of nitrogens with one attached hydrogen (secondary N) is 1. The van der Waals surface area contributed by atoms with Crippen LogP contribution in [0, 0.1) is 0 Å². The minimum absolute atomic E-state index is 0.0601. The number of aliphatic hydroxyl groups is 1. The monoisotopic (exact) mass is 215 g/mol. The highest BCUT2D eigenvalue weighted by Gasteiger charge is 2.21. The summed E-state index contributed by atoms with van der Waals surface area (Å²) in [5, 5.41) is 13.1. The van der Waals surface area contributed by atoms with E-state index in [0.717, 1.165) is 32.3 Å². The summed E-state index contributed by atoms with van der Waals surface area (Å²) in [7, 11) is 1.76. The van der Waals surface area contributed by atoms with E-state index < -0.39 is 0 Å². The molecule has 3 heteroatoms. The zero-order valence-electron chi connectivity index (χ0n) is 10.0. The van der Waals surface area contributed by atoms with Crippen LogP contribution in [0.2, 0.25) is 0 Å². The van der Waals surface area contributed by atoms with Crippen LogP contribution in [0.5, 0.6) is 0 Å². The van der Waals surface area contributed by atoms with E-state index in [2.05, 4.69) is 12.2 Å². The van der Waals surface area contributed by atoms with Gasteiger partial charge in [-0.1, -0.05) is 13.3 Å². The van der Waals surface area contributed by atoms with E-state index in [4.69, 9.17) is 4.74 Å². The van der Waals surface area contributed by atoms with Crippen LogP contribution in [-0.4, -0.2) is 37.0 Å². The Bertz CT molecular complexity index is 150. The summed E-state index contributed by atoms with van der Waals surface area (Å²) in [6.45, 7) is 3.00. The van der Waals surface area contributed by atoms with Crippen LogP contribution in [0.25, 0.3) is 0 Å². The average Bonchev–Trinajstić information content (AvgIpc) is 2.22. The summed E-state index contributed by atoms with van der Waals surface area (Å²) >= 11 is 0. The molecule has 2 N–H and O–H groups in total. The first kappa shape index (κ1) is 12.9. The molecule has 0 aromatic heterocycles. The first-order chi connectivity index (χ1) is 7.26. The van der Waals surface area contributed by atoms with Crippen LogP contribution in [0.1, 0.15) is 45.4 Å². The summed E-state index contributed by atoms with van der Waals surface area (Å²) in [5.41, 5.74) is 0. The highest BCUT2D eigenvalue weighted by molar-refractivity contribution is 4.80. The largest absolute Gasteiger partial charge is 0.393 e. The van der Waals surface area contributed by atoms with Gasteiger partial charge in [0.2, 0.25) is 0 Å². The van der Waals surface area contributed by atoms with Crippen LogP contribution in [0.4, 0.5) is 0 Å². The normalized spacial score (nSPS) is 29.0. The van der Waals surface area contributed by atoms with Crippen molar-refractivity contribution >= 4 is 0 Å². The van der Waals surface area contributed by atoms with Gasteiger partial charge in [0.15, 0.2) is 0 Å². The zero-order chi connectivity index (χ0) is 11.1. The van der Waals surface area contributed by atoms with Gasteiger partial charge in [-0.2, -0.15) is 0 Å².